The summed E-state index contributed by atoms with van der Waals surface area (Å²) in [6.45, 7) is 0. The SMILES string of the molecule is NC(=O)Nc1cn(-c2cccc(-c3ccc(F)c(Cl)c3)c2)nc1C(N)=O. The Hall–Kier alpha value is -3.39. The van der Waals surface area contributed by atoms with Crippen molar-refractivity contribution in [3.63, 3.8) is 0 Å². The van der Waals surface area contributed by atoms with Gasteiger partial charge in [-0.15, -0.1) is 0 Å². The van der Waals surface area contributed by atoms with E-state index in [-0.39, 0.29) is 16.4 Å². The second-order valence-corrected chi connectivity index (χ2v) is 5.78. The van der Waals surface area contributed by atoms with Crippen molar-refractivity contribution in [3.05, 3.63) is 65.2 Å². The predicted molar refractivity (Wildman–Crippen MR) is 95.7 cm³/mol. The molecule has 1 aromatic heterocycles. The van der Waals surface area contributed by atoms with Crippen molar-refractivity contribution < 1.29 is 14.0 Å². The minimum atomic E-state index is -0.846. The van der Waals surface area contributed by atoms with E-state index in [9.17, 15) is 14.0 Å². The van der Waals surface area contributed by atoms with Gasteiger partial charge >= 0.3 is 6.03 Å². The van der Waals surface area contributed by atoms with Crippen LogP contribution in [-0.2, 0) is 0 Å². The molecule has 5 N–H and O–H groups in total. The third kappa shape index (κ3) is 3.50. The van der Waals surface area contributed by atoms with Crippen molar-refractivity contribution in [2.45, 2.75) is 0 Å². The number of nitrogens with zero attached hydrogens (tertiary/aromatic N) is 2. The normalized spacial score (nSPS) is 10.5. The largest absolute Gasteiger partial charge is 0.364 e. The molecule has 26 heavy (non-hydrogen) atoms. The third-order valence-electron chi connectivity index (χ3n) is 3.57. The minimum absolute atomic E-state index is 0.0101. The molecule has 0 aliphatic rings. The summed E-state index contributed by atoms with van der Waals surface area (Å²) in [4.78, 5) is 22.6. The molecule has 0 spiro atoms. The molecule has 3 amide bonds. The maximum atomic E-state index is 13.4. The lowest BCUT2D eigenvalue weighted by Gasteiger charge is -2.06. The van der Waals surface area contributed by atoms with E-state index >= 15 is 0 Å². The zero-order valence-electron chi connectivity index (χ0n) is 13.2. The van der Waals surface area contributed by atoms with Gasteiger partial charge in [0.25, 0.3) is 5.91 Å². The lowest BCUT2D eigenvalue weighted by atomic mass is 10.1. The molecule has 0 radical (unpaired) electrons. The fraction of sp³-hybridized carbons (Fsp3) is 0. The molecule has 2 aromatic carbocycles. The first kappa shape index (κ1) is 17.4. The molecule has 7 nitrogen and oxygen atoms in total. The zero-order chi connectivity index (χ0) is 18.8. The van der Waals surface area contributed by atoms with Crippen LogP contribution in [0.1, 0.15) is 10.5 Å². The molecule has 0 bridgehead atoms. The summed E-state index contributed by atoms with van der Waals surface area (Å²) in [6.07, 6.45) is 1.42. The topological polar surface area (TPSA) is 116 Å². The Morgan fingerprint density at radius 1 is 1.12 bits per heavy atom. The number of anilines is 1. The van der Waals surface area contributed by atoms with E-state index in [0.717, 1.165) is 5.56 Å². The Morgan fingerprint density at radius 3 is 2.50 bits per heavy atom. The molecule has 0 atom stereocenters. The van der Waals surface area contributed by atoms with Gasteiger partial charge in [0.15, 0.2) is 5.69 Å². The van der Waals surface area contributed by atoms with Gasteiger partial charge in [0.2, 0.25) is 0 Å². The third-order valence-corrected chi connectivity index (χ3v) is 3.86. The van der Waals surface area contributed by atoms with Crippen molar-refractivity contribution in [1.29, 1.82) is 0 Å². The fourth-order valence-electron chi connectivity index (χ4n) is 2.42. The van der Waals surface area contributed by atoms with Crippen molar-refractivity contribution in [1.82, 2.24) is 9.78 Å². The maximum absolute atomic E-state index is 13.4. The summed E-state index contributed by atoms with van der Waals surface area (Å²) in [5, 5.41) is 6.40. The van der Waals surface area contributed by atoms with Crippen LogP contribution in [0.2, 0.25) is 5.02 Å². The average molecular weight is 374 g/mol. The quantitative estimate of drug-likeness (QED) is 0.652. The van der Waals surface area contributed by atoms with Crippen LogP contribution in [0.3, 0.4) is 0 Å². The number of carbonyl (C=O) groups excluding carboxylic acids is 2. The van der Waals surface area contributed by atoms with Gasteiger partial charge in [-0.25, -0.2) is 13.9 Å². The monoisotopic (exact) mass is 373 g/mol. The number of aromatic nitrogens is 2. The summed E-state index contributed by atoms with van der Waals surface area (Å²) in [5.41, 5.74) is 12.4. The highest BCUT2D eigenvalue weighted by Crippen LogP contribution is 2.27. The highest BCUT2D eigenvalue weighted by molar-refractivity contribution is 6.31. The van der Waals surface area contributed by atoms with Crippen LogP contribution in [0, 0.1) is 5.82 Å². The molecule has 0 unspecified atom stereocenters. The summed E-state index contributed by atoms with van der Waals surface area (Å²) < 4.78 is 14.7. The van der Waals surface area contributed by atoms with Gasteiger partial charge in [-0.2, -0.15) is 5.10 Å². The lowest BCUT2D eigenvalue weighted by molar-refractivity contribution is 0.0996. The van der Waals surface area contributed by atoms with Gasteiger partial charge in [-0.3, -0.25) is 4.79 Å². The number of halogens is 2. The molecule has 3 aromatic rings. The van der Waals surface area contributed by atoms with Crippen molar-refractivity contribution in [3.8, 4) is 16.8 Å². The van der Waals surface area contributed by atoms with Crippen LogP contribution >= 0.6 is 11.6 Å². The number of amides is 3. The van der Waals surface area contributed by atoms with E-state index in [0.29, 0.717) is 11.3 Å². The first-order chi connectivity index (χ1) is 12.3. The summed E-state index contributed by atoms with van der Waals surface area (Å²) in [7, 11) is 0. The Balaban J connectivity index is 2.04. The van der Waals surface area contributed by atoms with Crippen LogP contribution in [0.15, 0.2) is 48.7 Å². The molecule has 132 valence electrons. The maximum Gasteiger partial charge on any atom is 0.316 e. The molecule has 0 saturated heterocycles. The molecule has 1 heterocycles. The number of rotatable bonds is 4. The average Bonchev–Trinajstić information content (AvgIpc) is 3.01. The standard InChI is InChI=1S/C17H13ClFN5O2/c18-12-7-10(4-5-13(12)19)9-2-1-3-11(6-9)24-8-14(22-17(21)26)15(23-24)16(20)25/h1-8H,(H2,20,25)(H3,21,22,26). The number of urea groups is 1. The van der Waals surface area contributed by atoms with Crippen LogP contribution in [0.5, 0.6) is 0 Å². The predicted octanol–water partition coefficient (Wildman–Crippen LogP) is 2.92. The van der Waals surface area contributed by atoms with E-state index in [2.05, 4.69) is 10.4 Å². The van der Waals surface area contributed by atoms with E-state index in [1.165, 1.54) is 23.0 Å². The molecular weight excluding hydrogens is 361 g/mol. The van der Waals surface area contributed by atoms with Gasteiger partial charge in [-0.05, 0) is 35.4 Å². The Morgan fingerprint density at radius 2 is 1.85 bits per heavy atom. The summed E-state index contributed by atoms with van der Waals surface area (Å²) in [5.74, 6) is -1.32. The number of benzene rings is 2. The fourth-order valence-corrected chi connectivity index (χ4v) is 2.60. The first-order valence-corrected chi connectivity index (χ1v) is 7.75. The minimum Gasteiger partial charge on any atom is -0.364 e. The van der Waals surface area contributed by atoms with E-state index in [1.807, 2.05) is 6.07 Å². The number of hydrogen-bond acceptors (Lipinski definition) is 3. The molecule has 0 fully saturated rings. The number of hydrogen-bond donors (Lipinski definition) is 3. The summed E-state index contributed by atoms with van der Waals surface area (Å²) >= 11 is 5.83. The van der Waals surface area contributed by atoms with Crippen molar-refractivity contribution in [2.24, 2.45) is 11.5 Å². The Bertz CT molecular complexity index is 1020. The van der Waals surface area contributed by atoms with Gasteiger partial charge in [0, 0.05) is 0 Å². The zero-order valence-corrected chi connectivity index (χ0v) is 14.0. The van der Waals surface area contributed by atoms with Crippen LogP contribution in [0.25, 0.3) is 16.8 Å². The van der Waals surface area contributed by atoms with Crippen molar-refractivity contribution >= 4 is 29.2 Å². The van der Waals surface area contributed by atoms with Gasteiger partial charge in [0.05, 0.1) is 22.6 Å². The number of carbonyl (C=O) groups is 2. The van der Waals surface area contributed by atoms with Gasteiger partial charge in [-0.1, -0.05) is 29.8 Å². The number of primary amides is 2. The molecule has 0 saturated carbocycles. The first-order valence-electron chi connectivity index (χ1n) is 7.37. The lowest BCUT2D eigenvalue weighted by Crippen LogP contribution is -2.22. The Labute approximate surface area is 152 Å². The highest BCUT2D eigenvalue weighted by Gasteiger charge is 2.16. The molecule has 0 aliphatic carbocycles. The number of nitrogens with one attached hydrogen (secondary N) is 1. The molecule has 0 aliphatic heterocycles. The van der Waals surface area contributed by atoms with E-state index < -0.39 is 17.8 Å². The van der Waals surface area contributed by atoms with Crippen molar-refractivity contribution in [2.75, 3.05) is 5.32 Å². The summed E-state index contributed by atoms with van der Waals surface area (Å²) in [6, 6.07) is 10.6. The Kier molecular flexibility index (Phi) is 4.59. The smallest absolute Gasteiger partial charge is 0.316 e. The van der Waals surface area contributed by atoms with Crippen LogP contribution < -0.4 is 16.8 Å². The second kappa shape index (κ2) is 6.85. The molecular formula is C17H13ClFN5O2. The van der Waals surface area contributed by atoms with E-state index in [1.54, 1.807) is 24.3 Å². The number of nitrogens with two attached hydrogens (primary N) is 2. The van der Waals surface area contributed by atoms with Gasteiger partial charge < -0.3 is 16.8 Å². The van der Waals surface area contributed by atoms with Crippen LogP contribution in [-0.4, -0.2) is 21.7 Å². The second-order valence-electron chi connectivity index (χ2n) is 5.37. The molecule has 9 heteroatoms. The molecule has 3 rings (SSSR count). The van der Waals surface area contributed by atoms with E-state index in [4.69, 9.17) is 23.1 Å². The van der Waals surface area contributed by atoms with Crippen LogP contribution in [0.4, 0.5) is 14.9 Å². The highest BCUT2D eigenvalue weighted by atomic mass is 35.5. The van der Waals surface area contributed by atoms with Gasteiger partial charge in [0.1, 0.15) is 5.82 Å².